The van der Waals surface area contributed by atoms with Gasteiger partial charge in [0.2, 0.25) is 0 Å². The van der Waals surface area contributed by atoms with Crippen molar-refractivity contribution < 1.29 is 21.6 Å². The van der Waals surface area contributed by atoms with E-state index in [1.54, 1.807) is 19.2 Å². The quantitative estimate of drug-likeness (QED) is 0.319. The van der Waals surface area contributed by atoms with Crippen LogP contribution in [0.2, 0.25) is 0 Å². The van der Waals surface area contributed by atoms with Gasteiger partial charge in [-0.1, -0.05) is 0 Å². The maximum absolute atomic E-state index is 12.5. The lowest BCUT2D eigenvalue weighted by Gasteiger charge is -2.19. The van der Waals surface area contributed by atoms with Crippen molar-refractivity contribution in [3.05, 3.63) is 17.0 Å². The molecule has 0 aromatic carbocycles. The monoisotopic (exact) mass is 555 g/mol. The largest absolute Gasteiger partial charge is 0.401 e. The zero-order chi connectivity index (χ0) is 20.2. The second-order valence-corrected chi connectivity index (χ2v) is 9.96. The highest BCUT2D eigenvalue weighted by Gasteiger charge is 2.34. The van der Waals surface area contributed by atoms with Gasteiger partial charge in [0.05, 0.1) is 13.1 Å². The number of sulfonamides is 1. The van der Waals surface area contributed by atoms with Gasteiger partial charge in [-0.25, -0.2) is 12.7 Å². The van der Waals surface area contributed by atoms with Crippen LogP contribution < -0.4 is 10.6 Å². The molecule has 1 aromatic heterocycles. The Kier molecular flexibility index (Phi) is 9.44. The van der Waals surface area contributed by atoms with Crippen LogP contribution in [0.15, 0.2) is 21.3 Å². The van der Waals surface area contributed by atoms with Gasteiger partial charge >= 0.3 is 6.18 Å². The summed E-state index contributed by atoms with van der Waals surface area (Å²) in [6.07, 6.45) is -3.60. The number of rotatable bonds is 6. The molecule has 28 heavy (non-hydrogen) atoms. The average Bonchev–Trinajstić information content (AvgIpc) is 3.19. The first-order chi connectivity index (χ1) is 12.5. The molecule has 1 saturated heterocycles. The van der Waals surface area contributed by atoms with Crippen molar-refractivity contribution in [1.82, 2.24) is 19.8 Å². The van der Waals surface area contributed by atoms with Crippen LogP contribution in [0, 0.1) is 0 Å². The molecular weight excluding hydrogens is 530 g/mol. The molecule has 1 atom stereocenters. The standard InChI is InChI=1S/C15H24F3N5O2S2.HI/c1-19-14(21-11-6-7-23(9-11)10-15(16,17)18)20-8-12-4-5-13(26-12)27(24,25)22(2)3;/h4-5,11H,6-10H2,1-3H3,(H2,19,20,21);1H. The summed E-state index contributed by atoms with van der Waals surface area (Å²) in [5.41, 5.74) is 0. The lowest BCUT2D eigenvalue weighted by Crippen LogP contribution is -2.44. The summed E-state index contributed by atoms with van der Waals surface area (Å²) >= 11 is 1.16. The van der Waals surface area contributed by atoms with Crippen LogP contribution in [0.25, 0.3) is 0 Å². The topological polar surface area (TPSA) is 77.0 Å². The zero-order valence-corrected chi connectivity index (χ0v) is 19.7. The number of aliphatic imine (C=N–C) groups is 1. The van der Waals surface area contributed by atoms with E-state index in [-0.39, 0.29) is 34.2 Å². The summed E-state index contributed by atoms with van der Waals surface area (Å²) < 4.78 is 63.0. The second-order valence-electron chi connectivity index (χ2n) is 6.41. The Bertz CT molecular complexity index is 768. The van der Waals surface area contributed by atoms with Crippen molar-refractivity contribution >= 4 is 51.3 Å². The predicted molar refractivity (Wildman–Crippen MR) is 115 cm³/mol. The molecule has 0 saturated carbocycles. The number of hydrogen-bond acceptors (Lipinski definition) is 5. The molecule has 1 unspecified atom stereocenters. The van der Waals surface area contributed by atoms with Crippen molar-refractivity contribution in [3.8, 4) is 0 Å². The molecule has 7 nitrogen and oxygen atoms in total. The number of likely N-dealkylation sites (tertiary alicyclic amines) is 1. The molecule has 2 N–H and O–H groups in total. The van der Waals surface area contributed by atoms with Crippen molar-refractivity contribution in [2.75, 3.05) is 40.8 Å². The van der Waals surface area contributed by atoms with E-state index in [0.29, 0.717) is 32.0 Å². The Balaban J connectivity index is 0.00000392. The fraction of sp³-hybridized carbons (Fsp3) is 0.667. The number of halogens is 4. The van der Waals surface area contributed by atoms with Crippen LogP contribution in [0.5, 0.6) is 0 Å². The molecule has 0 radical (unpaired) electrons. The van der Waals surface area contributed by atoms with E-state index in [0.717, 1.165) is 20.5 Å². The van der Waals surface area contributed by atoms with E-state index in [9.17, 15) is 21.6 Å². The van der Waals surface area contributed by atoms with Gasteiger partial charge in [-0.3, -0.25) is 9.89 Å². The number of thiophene rings is 1. The van der Waals surface area contributed by atoms with Gasteiger partial charge in [0, 0.05) is 45.2 Å². The van der Waals surface area contributed by atoms with Gasteiger partial charge in [-0.15, -0.1) is 35.3 Å². The fourth-order valence-electron chi connectivity index (χ4n) is 2.68. The molecule has 0 amide bonds. The van der Waals surface area contributed by atoms with Crippen molar-refractivity contribution in [3.63, 3.8) is 0 Å². The van der Waals surface area contributed by atoms with Crippen LogP contribution >= 0.6 is 35.3 Å². The smallest absolute Gasteiger partial charge is 0.352 e. The molecule has 0 bridgehead atoms. The molecule has 2 rings (SSSR count). The molecule has 1 aliphatic rings. The Hall–Kier alpha value is -0.640. The van der Waals surface area contributed by atoms with Crippen molar-refractivity contribution in [2.45, 2.75) is 29.4 Å². The number of hydrogen-bond donors (Lipinski definition) is 2. The van der Waals surface area contributed by atoms with E-state index in [1.807, 2.05) is 0 Å². The van der Waals surface area contributed by atoms with Gasteiger partial charge in [-0.2, -0.15) is 13.2 Å². The lowest BCUT2D eigenvalue weighted by atomic mass is 10.3. The summed E-state index contributed by atoms with van der Waals surface area (Å²) in [7, 11) is 1.07. The van der Waals surface area contributed by atoms with Crippen molar-refractivity contribution in [1.29, 1.82) is 0 Å². The second kappa shape index (κ2) is 10.4. The minimum absolute atomic E-state index is 0. The highest BCUT2D eigenvalue weighted by atomic mass is 127. The molecule has 0 aliphatic carbocycles. The third-order valence-electron chi connectivity index (χ3n) is 4.04. The van der Waals surface area contributed by atoms with Crippen LogP contribution in [0.3, 0.4) is 0 Å². The van der Waals surface area contributed by atoms with Crippen LogP contribution in [0.4, 0.5) is 13.2 Å². The molecule has 1 fully saturated rings. The molecule has 1 aromatic rings. The first kappa shape index (κ1) is 25.4. The SMILES string of the molecule is CN=C(NCc1ccc(S(=O)(=O)N(C)C)s1)NC1CCN(CC(F)(F)F)C1.I. The van der Waals surface area contributed by atoms with Gasteiger partial charge in [0.25, 0.3) is 10.0 Å². The first-order valence-corrected chi connectivity index (χ1v) is 10.5. The predicted octanol–water partition coefficient (Wildman–Crippen LogP) is 1.92. The Morgan fingerprint density at radius 2 is 2.07 bits per heavy atom. The molecule has 1 aliphatic heterocycles. The maximum atomic E-state index is 12.5. The molecule has 2 heterocycles. The zero-order valence-electron chi connectivity index (χ0n) is 15.8. The van der Waals surface area contributed by atoms with Crippen LogP contribution in [-0.4, -0.2) is 76.6 Å². The lowest BCUT2D eigenvalue weighted by molar-refractivity contribution is -0.143. The van der Waals surface area contributed by atoms with Crippen LogP contribution in [-0.2, 0) is 16.6 Å². The summed E-state index contributed by atoms with van der Waals surface area (Å²) in [4.78, 5) is 6.25. The number of guanidine groups is 1. The molecule has 0 spiro atoms. The summed E-state index contributed by atoms with van der Waals surface area (Å²) in [6.45, 7) is 0.136. The highest BCUT2D eigenvalue weighted by molar-refractivity contribution is 14.0. The van der Waals surface area contributed by atoms with E-state index in [4.69, 9.17) is 0 Å². The first-order valence-electron chi connectivity index (χ1n) is 8.29. The molecule has 162 valence electrons. The Labute approximate surface area is 184 Å². The number of alkyl halides is 3. The van der Waals surface area contributed by atoms with Crippen LogP contribution in [0.1, 0.15) is 11.3 Å². The minimum atomic E-state index is -4.20. The average molecular weight is 555 g/mol. The number of nitrogens with one attached hydrogen (secondary N) is 2. The van der Waals surface area contributed by atoms with Crippen molar-refractivity contribution in [2.24, 2.45) is 4.99 Å². The Morgan fingerprint density at radius 3 is 2.64 bits per heavy atom. The summed E-state index contributed by atoms with van der Waals surface area (Å²) in [6, 6.07) is 3.16. The van der Waals surface area contributed by atoms with Gasteiger partial charge in [0.15, 0.2) is 5.96 Å². The van der Waals surface area contributed by atoms with E-state index in [1.165, 1.54) is 19.0 Å². The fourth-order valence-corrected chi connectivity index (χ4v) is 5.14. The minimum Gasteiger partial charge on any atom is -0.352 e. The van der Waals surface area contributed by atoms with E-state index in [2.05, 4.69) is 15.6 Å². The normalized spacial score (nSPS) is 19.0. The summed E-state index contributed by atoms with van der Waals surface area (Å²) in [5.74, 6) is 0.472. The number of nitrogens with zero attached hydrogens (tertiary/aromatic N) is 3. The third kappa shape index (κ3) is 7.31. The van der Waals surface area contributed by atoms with Gasteiger partial charge < -0.3 is 10.6 Å². The van der Waals surface area contributed by atoms with E-state index >= 15 is 0 Å². The Morgan fingerprint density at radius 1 is 1.39 bits per heavy atom. The third-order valence-corrected chi connectivity index (χ3v) is 7.41. The highest BCUT2D eigenvalue weighted by Crippen LogP contribution is 2.23. The maximum Gasteiger partial charge on any atom is 0.401 e. The van der Waals surface area contributed by atoms with Gasteiger partial charge in [0.1, 0.15) is 4.21 Å². The molecule has 13 heteroatoms. The summed E-state index contributed by atoms with van der Waals surface area (Å²) in [5, 5.41) is 6.18. The molecular formula is C15H25F3IN5O2S2. The van der Waals surface area contributed by atoms with Gasteiger partial charge in [-0.05, 0) is 18.6 Å². The van der Waals surface area contributed by atoms with E-state index < -0.39 is 22.7 Å².